The van der Waals surface area contributed by atoms with Crippen LogP contribution in [0.2, 0.25) is 0 Å². The Labute approximate surface area is 84.5 Å². The SMILES string of the molecule is CCc1ccc(NC)c(C(=O)NC)c1. The van der Waals surface area contributed by atoms with Crippen molar-refractivity contribution in [3.63, 3.8) is 0 Å². The summed E-state index contributed by atoms with van der Waals surface area (Å²) in [7, 11) is 3.45. The van der Waals surface area contributed by atoms with Crippen LogP contribution in [0.4, 0.5) is 5.69 Å². The molecule has 0 spiro atoms. The number of aryl methyl sites for hydroxylation is 1. The van der Waals surface area contributed by atoms with Crippen molar-refractivity contribution in [1.82, 2.24) is 5.32 Å². The van der Waals surface area contributed by atoms with Crippen molar-refractivity contribution in [2.75, 3.05) is 19.4 Å². The topological polar surface area (TPSA) is 41.1 Å². The molecule has 0 fully saturated rings. The molecule has 1 amide bonds. The lowest BCUT2D eigenvalue weighted by atomic mass is 10.1. The van der Waals surface area contributed by atoms with Gasteiger partial charge in [-0.25, -0.2) is 0 Å². The van der Waals surface area contributed by atoms with Crippen molar-refractivity contribution < 1.29 is 4.79 Å². The fourth-order valence-corrected chi connectivity index (χ4v) is 1.35. The van der Waals surface area contributed by atoms with Crippen LogP contribution in [0.1, 0.15) is 22.8 Å². The Morgan fingerprint density at radius 2 is 2.07 bits per heavy atom. The Hall–Kier alpha value is -1.51. The van der Waals surface area contributed by atoms with Gasteiger partial charge in [0.1, 0.15) is 0 Å². The normalized spacial score (nSPS) is 9.64. The van der Waals surface area contributed by atoms with E-state index in [1.165, 1.54) is 5.56 Å². The smallest absolute Gasteiger partial charge is 0.253 e. The van der Waals surface area contributed by atoms with E-state index in [9.17, 15) is 4.79 Å². The van der Waals surface area contributed by atoms with E-state index in [-0.39, 0.29) is 5.91 Å². The third kappa shape index (κ3) is 2.05. The molecule has 0 atom stereocenters. The second-order valence-corrected chi connectivity index (χ2v) is 3.06. The van der Waals surface area contributed by atoms with E-state index < -0.39 is 0 Å². The lowest BCUT2D eigenvalue weighted by molar-refractivity contribution is 0.0964. The molecule has 0 aliphatic carbocycles. The van der Waals surface area contributed by atoms with Crippen molar-refractivity contribution in [3.8, 4) is 0 Å². The summed E-state index contributed by atoms with van der Waals surface area (Å²) in [5.74, 6) is -0.0512. The van der Waals surface area contributed by atoms with Gasteiger partial charge in [0, 0.05) is 19.8 Å². The van der Waals surface area contributed by atoms with Crippen LogP contribution < -0.4 is 10.6 Å². The van der Waals surface area contributed by atoms with Gasteiger partial charge < -0.3 is 10.6 Å². The van der Waals surface area contributed by atoms with Crippen LogP contribution in [-0.2, 0) is 6.42 Å². The first-order chi connectivity index (χ1) is 6.72. The molecule has 1 rings (SSSR count). The van der Waals surface area contributed by atoms with Crippen LogP contribution in [0.15, 0.2) is 18.2 Å². The minimum atomic E-state index is -0.0512. The lowest BCUT2D eigenvalue weighted by Gasteiger charge is -2.09. The summed E-state index contributed by atoms with van der Waals surface area (Å²) in [5, 5.41) is 5.63. The van der Waals surface area contributed by atoms with Crippen LogP contribution in [0, 0.1) is 0 Å². The van der Waals surface area contributed by atoms with E-state index in [4.69, 9.17) is 0 Å². The van der Waals surface area contributed by atoms with E-state index in [1.807, 2.05) is 25.2 Å². The number of carbonyl (C=O) groups excluding carboxylic acids is 1. The Kier molecular flexibility index (Phi) is 3.51. The highest BCUT2D eigenvalue weighted by molar-refractivity contribution is 5.99. The average molecular weight is 192 g/mol. The number of carbonyl (C=O) groups is 1. The zero-order valence-electron chi connectivity index (χ0n) is 8.85. The molecule has 1 aromatic rings. The first-order valence-corrected chi connectivity index (χ1v) is 4.75. The average Bonchev–Trinajstić information content (AvgIpc) is 2.27. The summed E-state index contributed by atoms with van der Waals surface area (Å²) in [6, 6.07) is 5.88. The number of amides is 1. The maximum Gasteiger partial charge on any atom is 0.253 e. The number of anilines is 1. The van der Waals surface area contributed by atoms with Gasteiger partial charge in [0.25, 0.3) is 5.91 Å². The molecule has 0 heterocycles. The Bertz CT molecular complexity index is 334. The van der Waals surface area contributed by atoms with Crippen molar-refractivity contribution in [3.05, 3.63) is 29.3 Å². The quantitative estimate of drug-likeness (QED) is 0.764. The van der Waals surface area contributed by atoms with Gasteiger partial charge in [0.05, 0.1) is 5.56 Å². The third-order valence-electron chi connectivity index (χ3n) is 2.23. The molecule has 0 bridgehead atoms. The minimum Gasteiger partial charge on any atom is -0.387 e. The molecule has 0 saturated heterocycles. The largest absolute Gasteiger partial charge is 0.387 e. The lowest BCUT2D eigenvalue weighted by Crippen LogP contribution is -2.19. The van der Waals surface area contributed by atoms with Crippen molar-refractivity contribution in [2.24, 2.45) is 0 Å². The summed E-state index contributed by atoms with van der Waals surface area (Å²) >= 11 is 0. The molecule has 1 aromatic carbocycles. The van der Waals surface area contributed by atoms with Gasteiger partial charge in [-0.2, -0.15) is 0 Å². The standard InChI is InChI=1S/C11H16N2O/c1-4-8-5-6-10(12-2)9(7-8)11(14)13-3/h5-7,12H,4H2,1-3H3,(H,13,14). The predicted octanol–water partition coefficient (Wildman–Crippen LogP) is 1.65. The molecule has 3 nitrogen and oxygen atoms in total. The zero-order valence-corrected chi connectivity index (χ0v) is 8.85. The molecule has 76 valence electrons. The Morgan fingerprint density at radius 3 is 2.57 bits per heavy atom. The fourth-order valence-electron chi connectivity index (χ4n) is 1.35. The molecule has 0 aromatic heterocycles. The molecule has 0 saturated carbocycles. The second-order valence-electron chi connectivity index (χ2n) is 3.06. The molecule has 0 aliphatic rings. The maximum atomic E-state index is 11.5. The van der Waals surface area contributed by atoms with Gasteiger partial charge in [-0.3, -0.25) is 4.79 Å². The van der Waals surface area contributed by atoms with Crippen LogP contribution in [0.3, 0.4) is 0 Å². The number of nitrogens with one attached hydrogen (secondary N) is 2. The molecule has 0 aliphatic heterocycles. The first kappa shape index (κ1) is 10.6. The van der Waals surface area contributed by atoms with Gasteiger partial charge in [-0.1, -0.05) is 13.0 Å². The van der Waals surface area contributed by atoms with Crippen LogP contribution >= 0.6 is 0 Å². The molecule has 3 heteroatoms. The molecular formula is C11H16N2O. The number of benzene rings is 1. The van der Waals surface area contributed by atoms with E-state index in [0.717, 1.165) is 12.1 Å². The van der Waals surface area contributed by atoms with Crippen LogP contribution in [0.25, 0.3) is 0 Å². The summed E-state index contributed by atoms with van der Waals surface area (Å²) in [6.07, 6.45) is 0.938. The third-order valence-corrected chi connectivity index (χ3v) is 2.23. The van der Waals surface area contributed by atoms with Gasteiger partial charge in [-0.15, -0.1) is 0 Å². The monoisotopic (exact) mass is 192 g/mol. The Morgan fingerprint density at radius 1 is 1.36 bits per heavy atom. The van der Waals surface area contributed by atoms with Gasteiger partial charge in [0.2, 0.25) is 0 Å². The number of hydrogen-bond donors (Lipinski definition) is 2. The van der Waals surface area contributed by atoms with E-state index in [0.29, 0.717) is 5.56 Å². The van der Waals surface area contributed by atoms with Gasteiger partial charge in [-0.05, 0) is 24.1 Å². The molecular weight excluding hydrogens is 176 g/mol. The van der Waals surface area contributed by atoms with E-state index in [2.05, 4.69) is 17.6 Å². The van der Waals surface area contributed by atoms with Gasteiger partial charge in [0.15, 0.2) is 0 Å². The number of rotatable bonds is 3. The summed E-state index contributed by atoms with van der Waals surface area (Å²) in [4.78, 5) is 11.5. The summed E-state index contributed by atoms with van der Waals surface area (Å²) in [5.41, 5.74) is 2.73. The second kappa shape index (κ2) is 4.65. The van der Waals surface area contributed by atoms with Crippen molar-refractivity contribution >= 4 is 11.6 Å². The molecule has 0 radical (unpaired) electrons. The fraction of sp³-hybridized carbons (Fsp3) is 0.364. The van der Waals surface area contributed by atoms with Crippen LogP contribution in [0.5, 0.6) is 0 Å². The zero-order chi connectivity index (χ0) is 10.6. The molecule has 2 N–H and O–H groups in total. The van der Waals surface area contributed by atoms with E-state index in [1.54, 1.807) is 7.05 Å². The van der Waals surface area contributed by atoms with E-state index >= 15 is 0 Å². The summed E-state index contributed by atoms with van der Waals surface area (Å²) < 4.78 is 0. The van der Waals surface area contributed by atoms with Crippen LogP contribution in [-0.4, -0.2) is 20.0 Å². The molecule has 14 heavy (non-hydrogen) atoms. The Balaban J connectivity index is 3.14. The highest BCUT2D eigenvalue weighted by Gasteiger charge is 2.08. The van der Waals surface area contributed by atoms with Crippen molar-refractivity contribution in [1.29, 1.82) is 0 Å². The predicted molar refractivity (Wildman–Crippen MR) is 58.8 cm³/mol. The van der Waals surface area contributed by atoms with Crippen molar-refractivity contribution in [2.45, 2.75) is 13.3 Å². The summed E-state index contributed by atoms with van der Waals surface area (Å²) in [6.45, 7) is 2.07. The minimum absolute atomic E-state index is 0.0512. The maximum absolute atomic E-state index is 11.5. The van der Waals surface area contributed by atoms with Gasteiger partial charge >= 0.3 is 0 Å². The highest BCUT2D eigenvalue weighted by atomic mass is 16.1. The molecule has 0 unspecified atom stereocenters. The highest BCUT2D eigenvalue weighted by Crippen LogP contribution is 2.17. The number of hydrogen-bond acceptors (Lipinski definition) is 2. The first-order valence-electron chi connectivity index (χ1n) is 4.75.